The smallest absolute Gasteiger partial charge is 0.323 e. The molecule has 1 aliphatic heterocycles. The zero-order valence-electron chi connectivity index (χ0n) is 13.7. The highest BCUT2D eigenvalue weighted by Crippen LogP contribution is 2.26. The van der Waals surface area contributed by atoms with Gasteiger partial charge in [-0.15, -0.1) is 5.10 Å². The second-order valence-corrected chi connectivity index (χ2v) is 6.00. The first-order chi connectivity index (χ1) is 12.0. The third-order valence-electron chi connectivity index (χ3n) is 4.21. The molecule has 1 N–H and O–H groups in total. The second kappa shape index (κ2) is 7.38. The predicted octanol–water partition coefficient (Wildman–Crippen LogP) is 3.71. The van der Waals surface area contributed by atoms with Gasteiger partial charge in [0.15, 0.2) is 17.5 Å². The van der Waals surface area contributed by atoms with Gasteiger partial charge in [0.05, 0.1) is 0 Å². The third-order valence-corrected chi connectivity index (χ3v) is 4.21. The van der Waals surface area contributed by atoms with E-state index in [1.807, 2.05) is 6.92 Å². The van der Waals surface area contributed by atoms with E-state index in [9.17, 15) is 13.6 Å². The number of piperidine rings is 1. The molecule has 1 fully saturated rings. The van der Waals surface area contributed by atoms with Gasteiger partial charge in [0, 0.05) is 24.8 Å². The number of likely N-dealkylation sites (tertiary alicyclic amines) is 1. The zero-order chi connectivity index (χ0) is 17.8. The molecular weight excluding hydrogens is 326 g/mol. The Balaban J connectivity index is 1.67. The summed E-state index contributed by atoms with van der Waals surface area (Å²) in [6.07, 6.45) is 3.81. The Bertz CT molecular complexity index is 795. The van der Waals surface area contributed by atoms with Gasteiger partial charge in [0.2, 0.25) is 0 Å². The summed E-state index contributed by atoms with van der Waals surface area (Å²) in [5.74, 6) is -1.26. The van der Waals surface area contributed by atoms with Crippen molar-refractivity contribution in [2.75, 3.05) is 18.4 Å². The molecule has 1 aromatic carbocycles. The molecule has 1 atom stereocenters. The van der Waals surface area contributed by atoms with Crippen molar-refractivity contribution in [3.8, 4) is 0 Å². The molecule has 3 rings (SSSR count). The van der Waals surface area contributed by atoms with Crippen molar-refractivity contribution < 1.29 is 13.6 Å². The number of nitrogens with one attached hydrogen (secondary N) is 1. The summed E-state index contributed by atoms with van der Waals surface area (Å²) in [5.41, 5.74) is 1.23. The van der Waals surface area contributed by atoms with Crippen molar-refractivity contribution in [1.29, 1.82) is 0 Å². The molecular formula is C18H18F2N4O. The number of aromatic nitrogens is 2. The second-order valence-electron chi connectivity index (χ2n) is 6.00. The largest absolute Gasteiger partial charge is 0.324 e. The van der Waals surface area contributed by atoms with Crippen LogP contribution in [0.1, 0.15) is 18.9 Å². The Hall–Kier alpha value is -2.83. The molecule has 1 saturated heterocycles. The Morgan fingerprint density at radius 2 is 2.16 bits per heavy atom. The lowest BCUT2D eigenvalue weighted by molar-refractivity contribution is 0.197. The number of benzene rings is 1. The standard InChI is InChI=1S/C18H18F2N4O/c1-12-11-24(18(25)22-16-6-3-8-21-23-16)9-7-13(12)10-14-4-2-5-15(19)17(14)20/h2-6,8,10,12H,7,9,11H2,1H3,(H,22,23,25)/b13-10+. The number of hydrogen-bond donors (Lipinski definition) is 1. The first-order valence-electron chi connectivity index (χ1n) is 8.02. The van der Waals surface area contributed by atoms with Crippen LogP contribution in [0, 0.1) is 17.6 Å². The minimum absolute atomic E-state index is 0.0454. The van der Waals surface area contributed by atoms with Crippen LogP contribution in [-0.2, 0) is 0 Å². The maximum Gasteiger partial charge on any atom is 0.323 e. The van der Waals surface area contributed by atoms with Crippen LogP contribution in [0.15, 0.2) is 42.1 Å². The fourth-order valence-corrected chi connectivity index (χ4v) is 2.84. The number of nitrogens with zero attached hydrogens (tertiary/aromatic N) is 3. The quantitative estimate of drug-likeness (QED) is 0.903. The Kier molecular flexibility index (Phi) is 5.02. The number of urea groups is 1. The van der Waals surface area contributed by atoms with Gasteiger partial charge in [-0.2, -0.15) is 5.10 Å². The Morgan fingerprint density at radius 1 is 1.32 bits per heavy atom. The molecule has 0 spiro atoms. The minimum atomic E-state index is -0.859. The van der Waals surface area contributed by atoms with E-state index in [0.717, 1.165) is 11.6 Å². The maximum atomic E-state index is 13.8. The van der Waals surface area contributed by atoms with E-state index in [2.05, 4.69) is 15.5 Å². The zero-order valence-corrected chi connectivity index (χ0v) is 13.7. The van der Waals surface area contributed by atoms with Crippen LogP contribution in [0.4, 0.5) is 19.4 Å². The fraction of sp³-hybridized carbons (Fsp3) is 0.278. The normalized spacial score (nSPS) is 19.1. The number of hydrogen-bond acceptors (Lipinski definition) is 3. The molecule has 2 aromatic rings. The molecule has 1 aromatic heterocycles. The number of halogens is 2. The summed E-state index contributed by atoms with van der Waals surface area (Å²) >= 11 is 0. The summed E-state index contributed by atoms with van der Waals surface area (Å²) in [6, 6.07) is 7.24. The van der Waals surface area contributed by atoms with E-state index in [1.54, 1.807) is 29.2 Å². The molecule has 2 heterocycles. The molecule has 5 nitrogen and oxygen atoms in total. The van der Waals surface area contributed by atoms with E-state index < -0.39 is 11.6 Å². The number of rotatable bonds is 2. The molecule has 0 radical (unpaired) electrons. The van der Waals surface area contributed by atoms with E-state index in [1.165, 1.54) is 12.3 Å². The third kappa shape index (κ3) is 3.99. The molecule has 130 valence electrons. The van der Waals surface area contributed by atoms with Crippen LogP contribution in [0.25, 0.3) is 6.08 Å². The molecule has 0 aliphatic carbocycles. The Morgan fingerprint density at radius 3 is 2.88 bits per heavy atom. The van der Waals surface area contributed by atoms with Crippen LogP contribution in [0.5, 0.6) is 0 Å². The molecule has 1 unspecified atom stereocenters. The molecule has 0 bridgehead atoms. The summed E-state index contributed by atoms with van der Waals surface area (Å²) in [7, 11) is 0. The number of anilines is 1. The lowest BCUT2D eigenvalue weighted by atomic mass is 9.91. The summed E-state index contributed by atoms with van der Waals surface area (Å²) in [4.78, 5) is 14.0. The predicted molar refractivity (Wildman–Crippen MR) is 90.7 cm³/mol. The minimum Gasteiger partial charge on any atom is -0.324 e. The summed E-state index contributed by atoms with van der Waals surface area (Å²) in [6.45, 7) is 2.96. The highest BCUT2D eigenvalue weighted by atomic mass is 19.2. The maximum absolute atomic E-state index is 13.8. The SMILES string of the molecule is CC1CN(C(=O)Nc2cccnn2)CC/C1=C\c1cccc(F)c1F. The first-order valence-corrected chi connectivity index (χ1v) is 8.02. The summed E-state index contributed by atoms with van der Waals surface area (Å²) in [5, 5.41) is 10.2. The number of carbonyl (C=O) groups is 1. The van der Waals surface area contributed by atoms with Crippen molar-refractivity contribution in [1.82, 2.24) is 15.1 Å². The lowest BCUT2D eigenvalue weighted by Crippen LogP contribution is -2.42. The van der Waals surface area contributed by atoms with E-state index in [-0.39, 0.29) is 17.5 Å². The first kappa shape index (κ1) is 17.0. The molecule has 7 heteroatoms. The van der Waals surface area contributed by atoms with Crippen LogP contribution in [0.2, 0.25) is 0 Å². The van der Waals surface area contributed by atoms with Crippen LogP contribution in [0.3, 0.4) is 0 Å². The average molecular weight is 344 g/mol. The van der Waals surface area contributed by atoms with Gasteiger partial charge < -0.3 is 4.90 Å². The highest BCUT2D eigenvalue weighted by molar-refractivity contribution is 5.88. The van der Waals surface area contributed by atoms with Gasteiger partial charge in [-0.25, -0.2) is 13.6 Å². The van der Waals surface area contributed by atoms with Crippen molar-refractivity contribution >= 4 is 17.9 Å². The average Bonchev–Trinajstić information content (AvgIpc) is 2.61. The van der Waals surface area contributed by atoms with Crippen LogP contribution >= 0.6 is 0 Å². The molecule has 25 heavy (non-hydrogen) atoms. The van der Waals surface area contributed by atoms with Crippen LogP contribution in [-0.4, -0.2) is 34.2 Å². The highest BCUT2D eigenvalue weighted by Gasteiger charge is 2.25. The molecule has 2 amide bonds. The van der Waals surface area contributed by atoms with Crippen LogP contribution < -0.4 is 5.32 Å². The van der Waals surface area contributed by atoms with Crippen molar-refractivity contribution in [3.05, 3.63) is 59.3 Å². The monoisotopic (exact) mass is 344 g/mol. The van der Waals surface area contributed by atoms with Crippen molar-refractivity contribution in [2.45, 2.75) is 13.3 Å². The van der Waals surface area contributed by atoms with Gasteiger partial charge in [-0.05, 0) is 30.5 Å². The number of carbonyl (C=O) groups excluding carboxylic acids is 1. The van der Waals surface area contributed by atoms with Gasteiger partial charge in [-0.1, -0.05) is 30.7 Å². The van der Waals surface area contributed by atoms with Crippen molar-refractivity contribution in [2.24, 2.45) is 5.92 Å². The Labute approximate surface area is 144 Å². The van der Waals surface area contributed by atoms with Gasteiger partial charge in [-0.3, -0.25) is 5.32 Å². The molecule has 1 aliphatic rings. The van der Waals surface area contributed by atoms with E-state index >= 15 is 0 Å². The molecule has 0 saturated carbocycles. The lowest BCUT2D eigenvalue weighted by Gasteiger charge is -2.33. The van der Waals surface area contributed by atoms with E-state index in [4.69, 9.17) is 0 Å². The number of amides is 2. The fourth-order valence-electron chi connectivity index (χ4n) is 2.84. The van der Waals surface area contributed by atoms with Gasteiger partial charge in [0.25, 0.3) is 0 Å². The van der Waals surface area contributed by atoms with Gasteiger partial charge in [0.1, 0.15) is 0 Å². The van der Waals surface area contributed by atoms with E-state index in [0.29, 0.717) is 25.3 Å². The van der Waals surface area contributed by atoms with Gasteiger partial charge >= 0.3 is 6.03 Å². The summed E-state index contributed by atoms with van der Waals surface area (Å²) < 4.78 is 27.2. The van der Waals surface area contributed by atoms with Crippen molar-refractivity contribution in [3.63, 3.8) is 0 Å². The topological polar surface area (TPSA) is 58.1 Å².